The van der Waals surface area contributed by atoms with Crippen LogP contribution in [0.25, 0.3) is 0 Å². The van der Waals surface area contributed by atoms with Crippen LogP contribution in [0.5, 0.6) is 0 Å². The Bertz CT molecular complexity index is 410. The van der Waals surface area contributed by atoms with E-state index in [-0.39, 0.29) is 6.04 Å². The number of rotatable bonds is 4. The molecular weight excluding hydrogens is 232 g/mol. The molecule has 1 atom stereocenters. The molecule has 1 aliphatic heterocycles. The Kier molecular flexibility index (Phi) is 3.98. The highest BCUT2D eigenvalue weighted by atomic mass is 16.4. The van der Waals surface area contributed by atoms with Crippen LogP contribution in [0, 0.1) is 0 Å². The van der Waals surface area contributed by atoms with Crippen molar-refractivity contribution >= 4 is 5.97 Å². The molecule has 2 rings (SSSR count). The predicted octanol–water partition coefficient (Wildman–Crippen LogP) is 0.0108. The van der Waals surface area contributed by atoms with Crippen molar-refractivity contribution in [1.29, 1.82) is 0 Å². The topological polar surface area (TPSA) is 61.6 Å². The fourth-order valence-corrected chi connectivity index (χ4v) is 2.23. The van der Waals surface area contributed by atoms with E-state index >= 15 is 0 Å². The lowest BCUT2D eigenvalue weighted by molar-refractivity contribution is -0.143. The van der Waals surface area contributed by atoms with Gasteiger partial charge in [0, 0.05) is 46.0 Å². The Labute approximate surface area is 107 Å². The molecule has 1 fully saturated rings. The van der Waals surface area contributed by atoms with Gasteiger partial charge < -0.3 is 9.67 Å². The van der Waals surface area contributed by atoms with Gasteiger partial charge in [0.2, 0.25) is 0 Å². The van der Waals surface area contributed by atoms with Crippen molar-refractivity contribution in [3.63, 3.8) is 0 Å². The molecule has 18 heavy (non-hydrogen) atoms. The number of aromatic nitrogens is 2. The molecule has 1 saturated heterocycles. The number of carboxylic acid groups (broad SMARTS) is 1. The number of carboxylic acids is 1. The first-order valence-corrected chi connectivity index (χ1v) is 6.22. The molecule has 1 aliphatic rings. The summed E-state index contributed by atoms with van der Waals surface area (Å²) in [6.45, 7) is 6.06. The highest BCUT2D eigenvalue weighted by molar-refractivity contribution is 5.72. The maximum Gasteiger partial charge on any atom is 0.320 e. The fourth-order valence-electron chi connectivity index (χ4n) is 2.23. The molecule has 0 amide bonds. The Balaban J connectivity index is 1.84. The molecule has 0 spiro atoms. The van der Waals surface area contributed by atoms with Crippen molar-refractivity contribution in [1.82, 2.24) is 19.4 Å². The van der Waals surface area contributed by atoms with E-state index in [2.05, 4.69) is 9.88 Å². The van der Waals surface area contributed by atoms with E-state index in [1.807, 2.05) is 22.7 Å². The quantitative estimate of drug-likeness (QED) is 0.818. The smallest absolute Gasteiger partial charge is 0.320 e. The minimum Gasteiger partial charge on any atom is -0.480 e. The molecule has 1 N–H and O–H groups in total. The third kappa shape index (κ3) is 2.88. The normalized spacial score (nSPS) is 19.9. The highest BCUT2D eigenvalue weighted by Crippen LogP contribution is 2.10. The summed E-state index contributed by atoms with van der Waals surface area (Å²) in [5.41, 5.74) is 1.19. The third-order valence-electron chi connectivity index (χ3n) is 3.61. The second kappa shape index (κ2) is 5.49. The average molecular weight is 252 g/mol. The molecule has 6 nitrogen and oxygen atoms in total. The van der Waals surface area contributed by atoms with Crippen molar-refractivity contribution in [2.75, 3.05) is 26.2 Å². The molecular formula is C12H20N4O2. The molecule has 100 valence electrons. The van der Waals surface area contributed by atoms with Crippen molar-refractivity contribution in [3.05, 3.63) is 18.2 Å². The van der Waals surface area contributed by atoms with E-state index in [0.29, 0.717) is 0 Å². The summed E-state index contributed by atoms with van der Waals surface area (Å²) < 4.78 is 2.02. The zero-order valence-electron chi connectivity index (χ0n) is 10.9. The molecule has 0 bridgehead atoms. The van der Waals surface area contributed by atoms with Gasteiger partial charge in [0.25, 0.3) is 0 Å². The third-order valence-corrected chi connectivity index (χ3v) is 3.61. The first kappa shape index (κ1) is 13.0. The summed E-state index contributed by atoms with van der Waals surface area (Å²) in [6, 6.07) is -0.385. The number of imidazole rings is 1. The zero-order valence-corrected chi connectivity index (χ0v) is 10.9. The Morgan fingerprint density at radius 3 is 2.61 bits per heavy atom. The molecule has 1 aromatic heterocycles. The lowest BCUT2D eigenvalue weighted by Crippen LogP contribution is -2.51. The lowest BCUT2D eigenvalue weighted by Gasteiger charge is -2.36. The minimum atomic E-state index is -0.741. The molecule has 0 aromatic carbocycles. The second-order valence-corrected chi connectivity index (χ2v) is 4.82. The molecule has 1 unspecified atom stereocenters. The van der Waals surface area contributed by atoms with E-state index in [1.165, 1.54) is 5.69 Å². The van der Waals surface area contributed by atoms with Gasteiger partial charge in [-0.3, -0.25) is 14.6 Å². The van der Waals surface area contributed by atoms with Gasteiger partial charge in [-0.2, -0.15) is 0 Å². The monoisotopic (exact) mass is 252 g/mol. The summed E-state index contributed by atoms with van der Waals surface area (Å²) in [4.78, 5) is 19.4. The molecule has 0 aliphatic carbocycles. The van der Waals surface area contributed by atoms with Crippen LogP contribution in [0.4, 0.5) is 0 Å². The van der Waals surface area contributed by atoms with Crippen molar-refractivity contribution in [2.24, 2.45) is 7.05 Å². The van der Waals surface area contributed by atoms with Gasteiger partial charge >= 0.3 is 5.97 Å². The summed E-state index contributed by atoms with van der Waals surface area (Å²) >= 11 is 0. The van der Waals surface area contributed by atoms with Gasteiger partial charge in [-0.25, -0.2) is 4.98 Å². The summed E-state index contributed by atoms with van der Waals surface area (Å²) in [5.74, 6) is -0.741. The van der Waals surface area contributed by atoms with Crippen LogP contribution < -0.4 is 0 Å². The highest BCUT2D eigenvalue weighted by Gasteiger charge is 2.25. The molecule has 0 radical (unpaired) electrons. The van der Waals surface area contributed by atoms with Gasteiger partial charge in [-0.05, 0) is 6.92 Å². The van der Waals surface area contributed by atoms with E-state index in [9.17, 15) is 4.79 Å². The number of hydrogen-bond acceptors (Lipinski definition) is 4. The van der Waals surface area contributed by atoms with Gasteiger partial charge in [0.1, 0.15) is 6.04 Å². The van der Waals surface area contributed by atoms with Gasteiger partial charge in [0.05, 0.1) is 12.0 Å². The molecule has 6 heteroatoms. The number of hydrogen-bond donors (Lipinski definition) is 1. The SMILES string of the molecule is CC(C(=O)O)N1CCN(Cc2cncn2C)CC1. The summed E-state index contributed by atoms with van der Waals surface area (Å²) in [5, 5.41) is 8.98. The van der Waals surface area contributed by atoms with E-state index in [0.717, 1.165) is 32.7 Å². The minimum absolute atomic E-state index is 0.385. The first-order valence-electron chi connectivity index (χ1n) is 6.22. The van der Waals surface area contributed by atoms with Crippen molar-refractivity contribution < 1.29 is 9.90 Å². The van der Waals surface area contributed by atoms with Gasteiger partial charge in [-0.15, -0.1) is 0 Å². The van der Waals surface area contributed by atoms with Gasteiger partial charge in [-0.1, -0.05) is 0 Å². The van der Waals surface area contributed by atoms with Crippen LogP contribution in [0.1, 0.15) is 12.6 Å². The largest absolute Gasteiger partial charge is 0.480 e. The van der Waals surface area contributed by atoms with Crippen LogP contribution in [0.3, 0.4) is 0 Å². The summed E-state index contributed by atoms with van der Waals surface area (Å²) in [6.07, 6.45) is 3.68. The summed E-state index contributed by atoms with van der Waals surface area (Å²) in [7, 11) is 1.99. The second-order valence-electron chi connectivity index (χ2n) is 4.82. The Hall–Kier alpha value is -1.40. The Morgan fingerprint density at radius 2 is 2.11 bits per heavy atom. The number of piperazine rings is 1. The van der Waals surface area contributed by atoms with Crippen LogP contribution >= 0.6 is 0 Å². The van der Waals surface area contributed by atoms with Crippen LogP contribution in [-0.2, 0) is 18.4 Å². The molecule has 0 saturated carbocycles. The Morgan fingerprint density at radius 1 is 1.44 bits per heavy atom. The fraction of sp³-hybridized carbons (Fsp3) is 0.667. The maximum atomic E-state index is 10.9. The van der Waals surface area contributed by atoms with Crippen molar-refractivity contribution in [2.45, 2.75) is 19.5 Å². The van der Waals surface area contributed by atoms with Crippen molar-refractivity contribution in [3.8, 4) is 0 Å². The predicted molar refractivity (Wildman–Crippen MR) is 67.2 cm³/mol. The number of nitrogens with zero attached hydrogens (tertiary/aromatic N) is 4. The number of aliphatic carboxylic acids is 1. The molecule has 1 aromatic rings. The van der Waals surface area contributed by atoms with Crippen LogP contribution in [-0.4, -0.2) is 62.6 Å². The average Bonchev–Trinajstić information content (AvgIpc) is 2.75. The van der Waals surface area contributed by atoms with E-state index < -0.39 is 5.97 Å². The molecule has 2 heterocycles. The number of carbonyl (C=O) groups is 1. The van der Waals surface area contributed by atoms with E-state index in [4.69, 9.17) is 5.11 Å². The van der Waals surface area contributed by atoms with Crippen LogP contribution in [0.15, 0.2) is 12.5 Å². The van der Waals surface area contributed by atoms with E-state index in [1.54, 1.807) is 13.3 Å². The first-order chi connectivity index (χ1) is 8.58. The maximum absolute atomic E-state index is 10.9. The lowest BCUT2D eigenvalue weighted by atomic mass is 10.2. The standard InChI is InChI=1S/C12H20N4O2/c1-10(12(17)18)16-5-3-15(4-6-16)8-11-7-13-9-14(11)2/h7,9-10H,3-6,8H2,1-2H3,(H,17,18). The number of aryl methyl sites for hydroxylation is 1. The van der Waals surface area contributed by atoms with Crippen LogP contribution in [0.2, 0.25) is 0 Å². The zero-order chi connectivity index (χ0) is 13.1. The van der Waals surface area contributed by atoms with Gasteiger partial charge in [0.15, 0.2) is 0 Å².